The molecule has 7 heteroatoms. The number of rotatable bonds is 8. The average molecular weight is 551 g/mol. The maximum absolute atomic E-state index is 14.0. The van der Waals surface area contributed by atoms with Gasteiger partial charge in [-0.2, -0.15) is 0 Å². The lowest BCUT2D eigenvalue weighted by molar-refractivity contribution is -0.203. The van der Waals surface area contributed by atoms with Gasteiger partial charge >= 0.3 is 11.9 Å². The van der Waals surface area contributed by atoms with Gasteiger partial charge in [0.05, 0.1) is 12.5 Å². The summed E-state index contributed by atoms with van der Waals surface area (Å²) in [6.45, 7) is 5.60. The van der Waals surface area contributed by atoms with Crippen molar-refractivity contribution in [3.63, 3.8) is 0 Å². The van der Waals surface area contributed by atoms with Crippen LogP contribution in [-0.2, 0) is 35.1 Å². The summed E-state index contributed by atoms with van der Waals surface area (Å²) < 4.78 is 11.6. The second-order valence-electron chi connectivity index (χ2n) is 12.9. The third kappa shape index (κ3) is 4.74. The Kier molecular flexibility index (Phi) is 7.81. The van der Waals surface area contributed by atoms with Gasteiger partial charge in [0, 0.05) is 18.3 Å². The highest BCUT2D eigenvalue weighted by atomic mass is 16.6. The number of ketones is 2. The summed E-state index contributed by atoms with van der Waals surface area (Å²) in [6.07, 6.45) is 6.15. The number of fused-ring (bicyclic) bond motifs is 5. The number of allylic oxidation sites excluding steroid dienone is 1. The van der Waals surface area contributed by atoms with Crippen molar-refractivity contribution in [1.29, 1.82) is 0 Å². The molecular formula is C33H42O7. The number of esters is 2. The Morgan fingerprint density at radius 2 is 1.77 bits per heavy atom. The molecule has 0 unspecified atom stereocenters. The van der Waals surface area contributed by atoms with Crippen molar-refractivity contribution in [2.45, 2.75) is 96.7 Å². The van der Waals surface area contributed by atoms with Crippen LogP contribution in [0.15, 0.2) is 42.0 Å². The molecule has 4 aliphatic carbocycles. The van der Waals surface area contributed by atoms with Gasteiger partial charge in [0.2, 0.25) is 5.78 Å². The molecule has 216 valence electrons. The van der Waals surface area contributed by atoms with Crippen molar-refractivity contribution < 1.29 is 33.8 Å². The van der Waals surface area contributed by atoms with E-state index < -0.39 is 41.4 Å². The lowest BCUT2D eigenvalue weighted by atomic mass is 9.45. The number of aliphatic hydroxyl groups is 1. The fourth-order valence-electron chi connectivity index (χ4n) is 8.88. The number of ether oxygens (including phenoxy) is 2. The lowest BCUT2D eigenvalue weighted by Gasteiger charge is -2.60. The molecule has 0 amide bonds. The summed E-state index contributed by atoms with van der Waals surface area (Å²) in [6, 6.07) is 9.20. The van der Waals surface area contributed by atoms with E-state index in [4.69, 9.17) is 9.47 Å². The van der Waals surface area contributed by atoms with Crippen LogP contribution < -0.4 is 0 Å². The van der Waals surface area contributed by atoms with Crippen LogP contribution in [0.25, 0.3) is 0 Å². The number of hydrogen-bond donors (Lipinski definition) is 1. The van der Waals surface area contributed by atoms with Crippen molar-refractivity contribution in [2.75, 3.05) is 6.61 Å². The molecule has 3 fully saturated rings. The van der Waals surface area contributed by atoms with Gasteiger partial charge < -0.3 is 14.6 Å². The van der Waals surface area contributed by atoms with Crippen LogP contribution in [0, 0.1) is 28.6 Å². The minimum atomic E-state index is -1.46. The molecule has 0 spiro atoms. The Balaban J connectivity index is 1.41. The van der Waals surface area contributed by atoms with Gasteiger partial charge in [-0.05, 0) is 79.8 Å². The molecule has 7 nitrogen and oxygen atoms in total. The molecule has 40 heavy (non-hydrogen) atoms. The molecule has 0 aliphatic heterocycles. The van der Waals surface area contributed by atoms with Crippen molar-refractivity contribution >= 4 is 23.5 Å². The molecule has 0 aromatic heterocycles. The topological polar surface area (TPSA) is 107 Å². The van der Waals surface area contributed by atoms with Crippen LogP contribution in [0.2, 0.25) is 0 Å². The van der Waals surface area contributed by atoms with Crippen LogP contribution in [0.5, 0.6) is 0 Å². The largest absolute Gasteiger partial charge is 0.457 e. The first kappa shape index (κ1) is 28.7. The number of carbonyl (C=O) groups excluding carboxylic acids is 4. The van der Waals surface area contributed by atoms with Gasteiger partial charge in [-0.3, -0.25) is 19.2 Å². The Bertz CT molecular complexity index is 1200. The van der Waals surface area contributed by atoms with Crippen LogP contribution in [-0.4, -0.2) is 46.9 Å². The summed E-state index contributed by atoms with van der Waals surface area (Å²) in [5.74, 6) is -0.990. The van der Waals surface area contributed by atoms with Crippen LogP contribution in [0.3, 0.4) is 0 Å². The van der Waals surface area contributed by atoms with Crippen molar-refractivity contribution in [1.82, 2.24) is 0 Å². The molecule has 1 N–H and O–H groups in total. The number of benzene rings is 1. The van der Waals surface area contributed by atoms with Gasteiger partial charge in [-0.1, -0.05) is 56.7 Å². The highest BCUT2D eigenvalue weighted by Gasteiger charge is 2.70. The van der Waals surface area contributed by atoms with Crippen molar-refractivity contribution in [2.24, 2.45) is 28.6 Å². The average Bonchev–Trinajstić information content (AvgIpc) is 3.20. The SMILES string of the molecule is CCCC(=O)O[C@]1(C(=O)COC(=O)Cc2ccccc2)CC[C@H]2[C@@H]3CCC4=CC(=O)CC[C@]4(C)[C@H]3[C@@H](O)C[C@@]21C. The van der Waals surface area contributed by atoms with E-state index in [1.54, 1.807) is 6.08 Å². The van der Waals surface area contributed by atoms with Crippen LogP contribution in [0.4, 0.5) is 0 Å². The standard InChI is InChI=1S/C33H42O7/c1-4-8-28(37)40-33(27(36)20-39-29(38)17-21-9-6-5-7-10-21)16-14-25-24-12-11-22-18-23(34)13-15-31(22,2)30(24)26(35)19-32(25,33)3/h5-7,9-10,18,24-26,30,35H,4,8,11-17,19-20H2,1-3H3/t24-,25-,26-,30+,31-,32-,33-/m0/s1. The van der Waals surface area contributed by atoms with Crippen molar-refractivity contribution in [3.05, 3.63) is 47.5 Å². The second kappa shape index (κ2) is 10.9. The number of hydrogen-bond acceptors (Lipinski definition) is 7. The van der Waals surface area contributed by atoms with Gasteiger partial charge in [-0.25, -0.2) is 0 Å². The maximum atomic E-state index is 14.0. The summed E-state index contributed by atoms with van der Waals surface area (Å²) in [5.41, 5.74) is -0.557. The maximum Gasteiger partial charge on any atom is 0.310 e. The molecule has 7 atom stereocenters. The Morgan fingerprint density at radius 3 is 2.50 bits per heavy atom. The molecule has 1 aromatic rings. The number of carbonyl (C=O) groups is 4. The van der Waals surface area contributed by atoms with E-state index in [-0.39, 0.29) is 41.8 Å². The molecule has 1 aromatic carbocycles. The molecule has 4 aliphatic rings. The molecule has 3 saturated carbocycles. The fraction of sp³-hybridized carbons (Fsp3) is 0.636. The summed E-state index contributed by atoms with van der Waals surface area (Å²) >= 11 is 0. The highest BCUT2D eigenvalue weighted by Crippen LogP contribution is 2.68. The fourth-order valence-corrected chi connectivity index (χ4v) is 8.88. The first-order valence-corrected chi connectivity index (χ1v) is 14.9. The Labute approximate surface area is 236 Å². The quantitative estimate of drug-likeness (QED) is 0.458. The molecule has 0 heterocycles. The molecule has 5 rings (SSSR count). The minimum absolute atomic E-state index is 0.0142. The predicted octanol–water partition coefficient (Wildman–Crippen LogP) is 4.93. The van der Waals surface area contributed by atoms with E-state index in [9.17, 15) is 24.3 Å². The van der Waals surface area contributed by atoms with Gasteiger partial charge in [0.15, 0.2) is 18.0 Å². The number of aliphatic hydroxyl groups excluding tert-OH is 1. The minimum Gasteiger partial charge on any atom is -0.457 e. The van der Waals surface area contributed by atoms with Gasteiger partial charge in [0.1, 0.15) is 0 Å². The normalized spacial score (nSPS) is 36.5. The monoisotopic (exact) mass is 550 g/mol. The Hall–Kier alpha value is -2.80. The lowest BCUT2D eigenvalue weighted by Crippen LogP contribution is -2.63. The van der Waals surface area contributed by atoms with E-state index in [0.717, 1.165) is 30.4 Å². The number of Topliss-reactive ketones (excluding diaryl/α,β-unsaturated/α-hetero) is 1. The van der Waals surface area contributed by atoms with E-state index in [0.29, 0.717) is 32.1 Å². The van der Waals surface area contributed by atoms with E-state index in [2.05, 4.69) is 6.92 Å². The van der Waals surface area contributed by atoms with Crippen LogP contribution >= 0.6 is 0 Å². The molecular weight excluding hydrogens is 508 g/mol. The Morgan fingerprint density at radius 1 is 1.02 bits per heavy atom. The summed E-state index contributed by atoms with van der Waals surface area (Å²) in [4.78, 5) is 51.8. The van der Waals surface area contributed by atoms with E-state index >= 15 is 0 Å². The van der Waals surface area contributed by atoms with E-state index in [1.807, 2.05) is 44.2 Å². The highest BCUT2D eigenvalue weighted by molar-refractivity contribution is 5.93. The van der Waals surface area contributed by atoms with Gasteiger partial charge in [-0.15, -0.1) is 0 Å². The first-order valence-electron chi connectivity index (χ1n) is 14.9. The zero-order valence-electron chi connectivity index (χ0n) is 23.9. The smallest absolute Gasteiger partial charge is 0.310 e. The van der Waals surface area contributed by atoms with Gasteiger partial charge in [0.25, 0.3) is 0 Å². The molecule has 0 bridgehead atoms. The second-order valence-corrected chi connectivity index (χ2v) is 12.9. The third-order valence-electron chi connectivity index (χ3n) is 10.8. The third-order valence-corrected chi connectivity index (χ3v) is 10.8. The zero-order valence-corrected chi connectivity index (χ0v) is 23.9. The summed E-state index contributed by atoms with van der Waals surface area (Å²) in [5, 5.41) is 11.8. The molecule has 0 saturated heterocycles. The van der Waals surface area contributed by atoms with Crippen LogP contribution in [0.1, 0.15) is 84.1 Å². The zero-order chi connectivity index (χ0) is 28.7. The van der Waals surface area contributed by atoms with E-state index in [1.165, 1.54) is 0 Å². The predicted molar refractivity (Wildman–Crippen MR) is 148 cm³/mol. The molecule has 0 radical (unpaired) electrons. The summed E-state index contributed by atoms with van der Waals surface area (Å²) in [7, 11) is 0. The van der Waals surface area contributed by atoms with Crippen molar-refractivity contribution in [3.8, 4) is 0 Å². The first-order chi connectivity index (χ1) is 19.0.